The van der Waals surface area contributed by atoms with E-state index in [1.165, 1.54) is 12.8 Å². The summed E-state index contributed by atoms with van der Waals surface area (Å²) in [6.45, 7) is 8.56. The summed E-state index contributed by atoms with van der Waals surface area (Å²) in [6, 6.07) is 2.11. The van der Waals surface area contributed by atoms with Gasteiger partial charge in [0.2, 0.25) is 0 Å². The summed E-state index contributed by atoms with van der Waals surface area (Å²) < 4.78 is 8.27. The molecule has 0 saturated heterocycles. The molecule has 0 aromatic carbocycles. The first-order valence-electron chi connectivity index (χ1n) is 7.46. The molecule has 19 heavy (non-hydrogen) atoms. The van der Waals surface area contributed by atoms with Crippen LogP contribution in [0.25, 0.3) is 0 Å². The van der Waals surface area contributed by atoms with E-state index in [9.17, 15) is 0 Å². The SMILES string of the molecule is CCn1nc(C)cc1COC1(CN)CCCC(C)C1. The maximum atomic E-state index is 6.25. The number of nitrogens with zero attached hydrogens (tertiary/aromatic N) is 2. The summed E-state index contributed by atoms with van der Waals surface area (Å²) in [4.78, 5) is 0. The van der Waals surface area contributed by atoms with Crippen molar-refractivity contribution in [2.75, 3.05) is 6.54 Å². The number of ether oxygens (including phenoxy) is 1. The zero-order chi connectivity index (χ0) is 13.9. The van der Waals surface area contributed by atoms with E-state index in [4.69, 9.17) is 10.5 Å². The summed E-state index contributed by atoms with van der Waals surface area (Å²) in [5.41, 5.74) is 8.09. The number of hydrogen-bond donors (Lipinski definition) is 1. The molecular formula is C15H27N3O. The summed E-state index contributed by atoms with van der Waals surface area (Å²) >= 11 is 0. The second-order valence-corrected chi connectivity index (χ2v) is 5.97. The largest absolute Gasteiger partial charge is 0.367 e. The number of hydrogen-bond acceptors (Lipinski definition) is 3. The van der Waals surface area contributed by atoms with Crippen molar-refractivity contribution in [1.82, 2.24) is 9.78 Å². The normalized spacial score (nSPS) is 27.7. The highest BCUT2D eigenvalue weighted by molar-refractivity contribution is 5.08. The molecule has 1 aliphatic rings. The van der Waals surface area contributed by atoms with Gasteiger partial charge in [-0.25, -0.2) is 0 Å². The van der Waals surface area contributed by atoms with Gasteiger partial charge in [-0.3, -0.25) is 4.68 Å². The lowest BCUT2D eigenvalue weighted by molar-refractivity contribution is -0.0859. The van der Waals surface area contributed by atoms with Crippen molar-refractivity contribution in [2.45, 2.75) is 65.2 Å². The Balaban J connectivity index is 2.02. The van der Waals surface area contributed by atoms with Crippen LogP contribution in [0.4, 0.5) is 0 Å². The first-order chi connectivity index (χ1) is 9.08. The average Bonchev–Trinajstić information content (AvgIpc) is 2.77. The van der Waals surface area contributed by atoms with Crippen LogP contribution in [0.1, 0.15) is 50.9 Å². The maximum absolute atomic E-state index is 6.25. The number of rotatable bonds is 5. The quantitative estimate of drug-likeness (QED) is 0.890. The van der Waals surface area contributed by atoms with Crippen LogP contribution < -0.4 is 5.73 Å². The van der Waals surface area contributed by atoms with E-state index in [-0.39, 0.29) is 5.60 Å². The topological polar surface area (TPSA) is 53.1 Å². The van der Waals surface area contributed by atoms with Crippen molar-refractivity contribution in [1.29, 1.82) is 0 Å². The molecule has 0 radical (unpaired) electrons. The predicted molar refractivity (Wildman–Crippen MR) is 76.8 cm³/mol. The highest BCUT2D eigenvalue weighted by Crippen LogP contribution is 2.35. The molecule has 0 aliphatic heterocycles. The minimum absolute atomic E-state index is 0.117. The fraction of sp³-hybridized carbons (Fsp3) is 0.800. The third-order valence-corrected chi connectivity index (χ3v) is 4.23. The van der Waals surface area contributed by atoms with Crippen LogP contribution in [-0.2, 0) is 17.9 Å². The lowest BCUT2D eigenvalue weighted by Gasteiger charge is -2.39. The lowest BCUT2D eigenvalue weighted by Crippen LogP contribution is -2.44. The molecule has 1 aromatic rings. The Bertz CT molecular complexity index is 416. The monoisotopic (exact) mass is 265 g/mol. The van der Waals surface area contributed by atoms with Gasteiger partial charge >= 0.3 is 0 Å². The van der Waals surface area contributed by atoms with Gasteiger partial charge < -0.3 is 10.5 Å². The van der Waals surface area contributed by atoms with Crippen LogP contribution in [-0.4, -0.2) is 21.9 Å². The molecule has 0 bridgehead atoms. The van der Waals surface area contributed by atoms with Crippen LogP contribution >= 0.6 is 0 Å². The number of aryl methyl sites for hydroxylation is 2. The van der Waals surface area contributed by atoms with Gasteiger partial charge in [-0.15, -0.1) is 0 Å². The van der Waals surface area contributed by atoms with Crippen molar-refractivity contribution in [3.05, 3.63) is 17.5 Å². The third kappa shape index (κ3) is 3.37. The van der Waals surface area contributed by atoms with E-state index in [1.807, 2.05) is 11.6 Å². The Morgan fingerprint density at radius 2 is 2.37 bits per heavy atom. The highest BCUT2D eigenvalue weighted by Gasteiger charge is 2.34. The first kappa shape index (κ1) is 14.5. The summed E-state index contributed by atoms with van der Waals surface area (Å²) in [7, 11) is 0. The molecule has 1 aliphatic carbocycles. The van der Waals surface area contributed by atoms with Gasteiger partial charge in [0.25, 0.3) is 0 Å². The average molecular weight is 265 g/mol. The van der Waals surface area contributed by atoms with Crippen molar-refractivity contribution in [3.8, 4) is 0 Å². The first-order valence-corrected chi connectivity index (χ1v) is 7.46. The van der Waals surface area contributed by atoms with Crippen molar-refractivity contribution in [2.24, 2.45) is 11.7 Å². The van der Waals surface area contributed by atoms with Gasteiger partial charge in [0.1, 0.15) is 0 Å². The second kappa shape index (κ2) is 6.06. The lowest BCUT2D eigenvalue weighted by atomic mass is 9.79. The van der Waals surface area contributed by atoms with E-state index >= 15 is 0 Å². The Kier molecular flexibility index (Phi) is 4.63. The van der Waals surface area contributed by atoms with Crippen LogP contribution in [0.5, 0.6) is 0 Å². The van der Waals surface area contributed by atoms with Gasteiger partial charge in [-0.05, 0) is 38.7 Å². The van der Waals surface area contributed by atoms with Crippen molar-refractivity contribution >= 4 is 0 Å². The van der Waals surface area contributed by atoms with Gasteiger partial charge in [0.05, 0.1) is 23.6 Å². The van der Waals surface area contributed by atoms with Crippen molar-refractivity contribution in [3.63, 3.8) is 0 Å². The minimum atomic E-state index is -0.117. The van der Waals surface area contributed by atoms with E-state index < -0.39 is 0 Å². The molecule has 1 aromatic heterocycles. The molecule has 4 heteroatoms. The van der Waals surface area contributed by atoms with Crippen LogP contribution in [0, 0.1) is 12.8 Å². The molecule has 2 rings (SSSR count). The van der Waals surface area contributed by atoms with E-state index in [0.717, 1.165) is 36.7 Å². The fourth-order valence-electron chi connectivity index (χ4n) is 3.20. The molecule has 0 spiro atoms. The summed E-state index contributed by atoms with van der Waals surface area (Å²) in [5.74, 6) is 0.718. The van der Waals surface area contributed by atoms with E-state index in [1.54, 1.807) is 0 Å². The highest BCUT2D eigenvalue weighted by atomic mass is 16.5. The number of aromatic nitrogens is 2. The van der Waals surface area contributed by atoms with Crippen LogP contribution in [0.2, 0.25) is 0 Å². The molecule has 1 saturated carbocycles. The molecule has 2 N–H and O–H groups in total. The predicted octanol–water partition coefficient (Wildman–Crippen LogP) is 2.64. The minimum Gasteiger partial charge on any atom is -0.367 e. The zero-order valence-corrected chi connectivity index (χ0v) is 12.5. The molecule has 4 nitrogen and oxygen atoms in total. The molecule has 0 amide bonds. The van der Waals surface area contributed by atoms with Gasteiger partial charge in [-0.1, -0.05) is 19.8 Å². The summed E-state index contributed by atoms with van der Waals surface area (Å²) in [5, 5.41) is 4.46. The van der Waals surface area contributed by atoms with E-state index in [0.29, 0.717) is 13.2 Å². The Labute approximate surface area is 116 Å². The maximum Gasteiger partial charge on any atom is 0.0893 e. The molecule has 2 unspecified atom stereocenters. The third-order valence-electron chi connectivity index (χ3n) is 4.23. The fourth-order valence-corrected chi connectivity index (χ4v) is 3.20. The smallest absolute Gasteiger partial charge is 0.0893 e. The molecular weight excluding hydrogens is 238 g/mol. The van der Waals surface area contributed by atoms with Gasteiger partial charge in [0.15, 0.2) is 0 Å². The molecule has 108 valence electrons. The standard InChI is InChI=1S/C15H27N3O/c1-4-18-14(8-13(3)17-18)10-19-15(11-16)7-5-6-12(2)9-15/h8,12H,4-7,9-11,16H2,1-3H3. The molecule has 1 heterocycles. The molecule has 2 atom stereocenters. The summed E-state index contributed by atoms with van der Waals surface area (Å²) in [6.07, 6.45) is 4.71. The number of nitrogens with two attached hydrogens (primary N) is 1. The Morgan fingerprint density at radius 1 is 1.58 bits per heavy atom. The van der Waals surface area contributed by atoms with E-state index in [2.05, 4.69) is 25.0 Å². The van der Waals surface area contributed by atoms with Crippen LogP contribution in [0.15, 0.2) is 6.07 Å². The van der Waals surface area contributed by atoms with Crippen LogP contribution in [0.3, 0.4) is 0 Å². The van der Waals surface area contributed by atoms with Gasteiger partial charge in [0, 0.05) is 13.1 Å². The Morgan fingerprint density at radius 3 is 3.00 bits per heavy atom. The van der Waals surface area contributed by atoms with Gasteiger partial charge in [-0.2, -0.15) is 5.10 Å². The second-order valence-electron chi connectivity index (χ2n) is 5.97. The van der Waals surface area contributed by atoms with Crippen molar-refractivity contribution < 1.29 is 4.74 Å². The Hall–Kier alpha value is -0.870. The molecule has 1 fully saturated rings. The zero-order valence-electron chi connectivity index (χ0n) is 12.5.